The maximum absolute atomic E-state index is 13.0. The minimum Gasteiger partial charge on any atom is -0.377 e. The Morgan fingerprint density at radius 1 is 0.489 bits per heavy atom. The molecule has 0 fully saturated rings. The van der Waals surface area contributed by atoms with E-state index in [9.17, 15) is 24.0 Å². The van der Waals surface area contributed by atoms with Gasteiger partial charge in [0.1, 0.15) is 12.1 Å². The van der Waals surface area contributed by atoms with Gasteiger partial charge in [0.25, 0.3) is 0 Å². The molecule has 0 aromatic rings. The van der Waals surface area contributed by atoms with Crippen LogP contribution < -0.4 is 44.3 Å². The van der Waals surface area contributed by atoms with Crippen LogP contribution in [0.25, 0.3) is 0 Å². The van der Waals surface area contributed by atoms with E-state index in [1.54, 1.807) is 0 Å². The molecule has 0 rings (SSSR count). The monoisotopic (exact) mass is 680 g/mol. The van der Waals surface area contributed by atoms with Gasteiger partial charge in [0.15, 0.2) is 0 Å². The lowest BCUT2D eigenvalue weighted by atomic mass is 10.1. The Morgan fingerprint density at radius 2 is 0.851 bits per heavy atom. The van der Waals surface area contributed by atoms with Gasteiger partial charge in [0.2, 0.25) is 29.5 Å². The van der Waals surface area contributed by atoms with Crippen LogP contribution in [0.2, 0.25) is 0 Å². The number of amides is 5. The van der Waals surface area contributed by atoms with Crippen LogP contribution in [-0.2, 0) is 52.7 Å². The molecule has 47 heavy (non-hydrogen) atoms. The molecule has 0 radical (unpaired) electrons. The van der Waals surface area contributed by atoms with Crippen LogP contribution in [0.15, 0.2) is 0 Å². The molecule has 0 aromatic heterocycles. The summed E-state index contributed by atoms with van der Waals surface area (Å²) in [6.45, 7) is 6.43. The predicted octanol–water partition coefficient (Wildman–Crippen LogP) is -2.98. The fourth-order valence-electron chi connectivity index (χ4n) is 3.76. The second-order valence-electron chi connectivity index (χ2n) is 10.6. The maximum Gasteiger partial charge on any atom is 0.242 e. The normalized spacial score (nSPS) is 12.3. The summed E-state index contributed by atoms with van der Waals surface area (Å²) in [6.07, 6.45) is 0.563. The number of carbonyl (C=O) groups excluding carboxylic acids is 5. The molecule has 0 aliphatic rings. The van der Waals surface area contributed by atoms with Gasteiger partial charge in [-0.15, -0.1) is 0 Å². The molecule has 0 bridgehead atoms. The number of nitrogens with one attached hydrogen (secondary N) is 5. The SMILES string of the molecule is CC(C)CCC(=O)NC(CCC(=O)NC(CCC(=O)NCCOCCON)C(=O)NCCOCCON)C(=O)NCCOCCON. The molecule has 0 heterocycles. The first-order chi connectivity index (χ1) is 22.6. The zero-order chi connectivity index (χ0) is 35.1. The lowest BCUT2D eigenvalue weighted by Crippen LogP contribution is -2.50. The van der Waals surface area contributed by atoms with Crippen molar-refractivity contribution >= 4 is 29.5 Å². The van der Waals surface area contributed by atoms with Gasteiger partial charge in [-0.3, -0.25) is 24.0 Å². The van der Waals surface area contributed by atoms with E-state index in [0.29, 0.717) is 6.42 Å². The van der Waals surface area contributed by atoms with Crippen LogP contribution >= 0.6 is 0 Å². The first kappa shape index (κ1) is 44.0. The standard InChI is InChI=1S/C28H56N8O11/c1-21(2)3-6-25(38)35-23(28(41)34-11-14-44-17-20-47-31)5-8-26(39)36-22(27(40)33-10-13-43-16-19-46-30)4-7-24(37)32-9-12-42-15-18-45-29/h21-23H,3-20,29-31H2,1-2H3,(H,32,37)(H,33,40)(H,34,41)(H,35,38)(H,36,39). The van der Waals surface area contributed by atoms with E-state index in [4.69, 9.17) is 31.9 Å². The Labute approximate surface area is 276 Å². The van der Waals surface area contributed by atoms with E-state index in [-0.39, 0.29) is 129 Å². The van der Waals surface area contributed by atoms with Gasteiger partial charge < -0.3 is 55.3 Å². The minimum atomic E-state index is -1.05. The minimum absolute atomic E-state index is 0.00179. The van der Waals surface area contributed by atoms with Crippen molar-refractivity contribution in [3.05, 3.63) is 0 Å². The Morgan fingerprint density at radius 3 is 1.23 bits per heavy atom. The third kappa shape index (κ3) is 26.7. The van der Waals surface area contributed by atoms with Gasteiger partial charge in [0.05, 0.1) is 59.5 Å². The van der Waals surface area contributed by atoms with Crippen molar-refractivity contribution < 1.29 is 52.7 Å². The first-order valence-electron chi connectivity index (χ1n) is 15.7. The molecule has 2 atom stereocenters. The van der Waals surface area contributed by atoms with Crippen molar-refractivity contribution in [2.24, 2.45) is 23.6 Å². The fourth-order valence-corrected chi connectivity index (χ4v) is 3.76. The zero-order valence-electron chi connectivity index (χ0n) is 27.7. The highest BCUT2D eigenvalue weighted by atomic mass is 16.6. The van der Waals surface area contributed by atoms with Crippen LogP contribution in [-0.4, -0.2) is 121 Å². The van der Waals surface area contributed by atoms with Crippen LogP contribution in [0.1, 0.15) is 52.4 Å². The summed E-state index contributed by atoms with van der Waals surface area (Å²) in [5, 5.41) is 13.3. The highest BCUT2D eigenvalue weighted by molar-refractivity contribution is 5.90. The molecule has 0 saturated carbocycles. The topological polar surface area (TPSA) is 279 Å². The third-order valence-electron chi connectivity index (χ3n) is 6.27. The molecule has 0 saturated heterocycles. The third-order valence-corrected chi connectivity index (χ3v) is 6.27. The summed E-state index contributed by atoms with van der Waals surface area (Å²) in [5.41, 5.74) is 0. The van der Waals surface area contributed by atoms with E-state index >= 15 is 0 Å². The quantitative estimate of drug-likeness (QED) is 0.0268. The average Bonchev–Trinajstić information content (AvgIpc) is 3.04. The van der Waals surface area contributed by atoms with E-state index < -0.39 is 29.8 Å². The van der Waals surface area contributed by atoms with Crippen molar-refractivity contribution in [1.82, 2.24) is 26.6 Å². The van der Waals surface area contributed by atoms with Crippen LogP contribution in [0.5, 0.6) is 0 Å². The molecule has 19 nitrogen and oxygen atoms in total. The van der Waals surface area contributed by atoms with Crippen molar-refractivity contribution in [3.8, 4) is 0 Å². The summed E-state index contributed by atoms with van der Waals surface area (Å²) in [5.74, 6) is 12.9. The van der Waals surface area contributed by atoms with Gasteiger partial charge in [-0.2, -0.15) is 0 Å². The van der Waals surface area contributed by atoms with Gasteiger partial charge in [-0.1, -0.05) is 13.8 Å². The van der Waals surface area contributed by atoms with Gasteiger partial charge in [-0.05, 0) is 25.2 Å². The summed E-state index contributed by atoms with van der Waals surface area (Å²) in [6, 6.07) is -2.06. The Balaban J connectivity index is 5.18. The number of carbonyl (C=O) groups is 5. The van der Waals surface area contributed by atoms with E-state index in [0.717, 1.165) is 0 Å². The summed E-state index contributed by atoms with van der Waals surface area (Å²) in [4.78, 5) is 76.9. The maximum atomic E-state index is 13.0. The predicted molar refractivity (Wildman–Crippen MR) is 168 cm³/mol. The molecule has 0 aliphatic heterocycles. The second-order valence-corrected chi connectivity index (χ2v) is 10.6. The van der Waals surface area contributed by atoms with Gasteiger partial charge >= 0.3 is 0 Å². The Hall–Kier alpha value is -3.01. The number of hydrogen-bond donors (Lipinski definition) is 8. The molecule has 0 aliphatic carbocycles. The zero-order valence-corrected chi connectivity index (χ0v) is 27.7. The Bertz CT molecular complexity index is 870. The molecular weight excluding hydrogens is 624 g/mol. The molecular formula is C28H56N8O11. The highest BCUT2D eigenvalue weighted by Gasteiger charge is 2.25. The van der Waals surface area contributed by atoms with Crippen LogP contribution in [0.4, 0.5) is 0 Å². The van der Waals surface area contributed by atoms with E-state index in [2.05, 4.69) is 41.1 Å². The lowest BCUT2D eigenvalue weighted by molar-refractivity contribution is -0.131. The first-order valence-corrected chi connectivity index (χ1v) is 15.7. The number of rotatable bonds is 31. The second kappa shape index (κ2) is 30.3. The molecule has 274 valence electrons. The number of hydrogen-bond acceptors (Lipinski definition) is 14. The summed E-state index contributed by atoms with van der Waals surface area (Å²) < 4.78 is 15.8. The summed E-state index contributed by atoms with van der Waals surface area (Å²) >= 11 is 0. The molecule has 0 aromatic carbocycles. The number of nitrogens with two attached hydrogens (primary N) is 3. The molecule has 5 amide bonds. The average molecular weight is 681 g/mol. The van der Waals surface area contributed by atoms with Crippen molar-refractivity contribution in [2.45, 2.75) is 64.5 Å². The lowest BCUT2D eigenvalue weighted by Gasteiger charge is -2.21. The molecule has 2 unspecified atom stereocenters. The largest absolute Gasteiger partial charge is 0.377 e. The van der Waals surface area contributed by atoms with E-state index in [1.807, 2.05) is 13.8 Å². The van der Waals surface area contributed by atoms with Gasteiger partial charge in [0, 0.05) is 38.9 Å². The summed E-state index contributed by atoms with van der Waals surface area (Å²) in [7, 11) is 0. The smallest absolute Gasteiger partial charge is 0.242 e. The van der Waals surface area contributed by atoms with Crippen molar-refractivity contribution in [1.29, 1.82) is 0 Å². The van der Waals surface area contributed by atoms with Gasteiger partial charge in [-0.25, -0.2) is 17.7 Å². The molecule has 11 N–H and O–H groups in total. The van der Waals surface area contributed by atoms with Crippen LogP contribution in [0, 0.1) is 5.92 Å². The molecule has 19 heteroatoms. The fraction of sp³-hybridized carbons (Fsp3) is 0.821. The Kier molecular flexibility index (Phi) is 28.4. The van der Waals surface area contributed by atoms with E-state index in [1.165, 1.54) is 0 Å². The van der Waals surface area contributed by atoms with Crippen molar-refractivity contribution in [2.75, 3.05) is 79.1 Å². The van der Waals surface area contributed by atoms with Crippen molar-refractivity contribution in [3.63, 3.8) is 0 Å². The molecule has 0 spiro atoms. The highest BCUT2D eigenvalue weighted by Crippen LogP contribution is 2.06. The number of ether oxygens (including phenoxy) is 3. The van der Waals surface area contributed by atoms with Crippen LogP contribution in [0.3, 0.4) is 0 Å².